The highest BCUT2D eigenvalue weighted by Gasteiger charge is 2.31. The van der Waals surface area contributed by atoms with E-state index in [4.69, 9.17) is 4.74 Å². The minimum Gasteiger partial charge on any atom is -0.388 e. The number of aliphatic hydroxyl groups is 1. The molecule has 200 valence electrons. The summed E-state index contributed by atoms with van der Waals surface area (Å²) in [6.07, 6.45) is 1.90. The Morgan fingerprint density at radius 1 is 0.789 bits per heavy atom. The second kappa shape index (κ2) is 10.6. The second-order valence-electron chi connectivity index (χ2n) is 9.82. The number of epoxide rings is 1. The van der Waals surface area contributed by atoms with E-state index in [1.807, 2.05) is 6.92 Å². The van der Waals surface area contributed by atoms with Crippen molar-refractivity contribution in [3.63, 3.8) is 0 Å². The molecule has 2 nitrogen and oxygen atoms in total. The lowest BCUT2D eigenvalue weighted by Gasteiger charge is -2.24. The topological polar surface area (TPSA) is 32.8 Å². The summed E-state index contributed by atoms with van der Waals surface area (Å²) in [7, 11) is 0. The van der Waals surface area contributed by atoms with Crippen molar-refractivity contribution in [2.75, 3.05) is 6.61 Å². The van der Waals surface area contributed by atoms with Crippen molar-refractivity contribution >= 4 is 5.57 Å². The molecule has 1 aliphatic carbocycles. The van der Waals surface area contributed by atoms with Crippen molar-refractivity contribution in [2.24, 2.45) is 0 Å². The lowest BCUT2D eigenvalue weighted by atomic mass is 9.81. The van der Waals surface area contributed by atoms with Gasteiger partial charge in [-0.3, -0.25) is 0 Å². The van der Waals surface area contributed by atoms with Gasteiger partial charge in [-0.05, 0) is 42.7 Å². The summed E-state index contributed by atoms with van der Waals surface area (Å²) in [5.74, 6) is -7.35. The number of aliphatic hydroxyl groups excluding tert-OH is 1. The molecule has 3 unspecified atom stereocenters. The Kier molecular flexibility index (Phi) is 7.38. The number of hydrogen-bond acceptors (Lipinski definition) is 2. The monoisotopic (exact) mass is 532 g/mol. The maximum absolute atomic E-state index is 15.1. The lowest BCUT2D eigenvalue weighted by molar-refractivity contribution is 0.160. The van der Waals surface area contributed by atoms with Crippen LogP contribution < -0.4 is 0 Å². The van der Waals surface area contributed by atoms with E-state index >= 15 is 8.78 Å². The zero-order valence-electron chi connectivity index (χ0n) is 20.6. The highest BCUT2D eigenvalue weighted by atomic mass is 19.2. The number of benzene rings is 3. The van der Waals surface area contributed by atoms with Gasteiger partial charge in [0.1, 0.15) is 6.10 Å². The number of ether oxygens (including phenoxy) is 1. The van der Waals surface area contributed by atoms with Gasteiger partial charge in [0, 0.05) is 27.8 Å². The first-order valence-electron chi connectivity index (χ1n) is 12.7. The van der Waals surface area contributed by atoms with Crippen LogP contribution in [0.4, 0.5) is 26.3 Å². The number of hydrogen-bond donors (Lipinski definition) is 1. The number of allylic oxidation sites excluding steroid dienone is 2. The maximum Gasteiger partial charge on any atom is 0.167 e. The van der Waals surface area contributed by atoms with Crippen molar-refractivity contribution in [1.82, 2.24) is 0 Å². The van der Waals surface area contributed by atoms with Crippen LogP contribution in [0.1, 0.15) is 79.4 Å². The zero-order valence-corrected chi connectivity index (χ0v) is 20.6. The average molecular weight is 533 g/mol. The molecule has 1 heterocycles. The van der Waals surface area contributed by atoms with Crippen LogP contribution >= 0.6 is 0 Å². The van der Waals surface area contributed by atoms with E-state index < -0.39 is 58.2 Å². The number of halogens is 6. The van der Waals surface area contributed by atoms with E-state index in [-0.39, 0.29) is 47.6 Å². The van der Waals surface area contributed by atoms with Crippen molar-refractivity contribution in [3.8, 4) is 11.1 Å². The summed E-state index contributed by atoms with van der Waals surface area (Å²) in [6, 6.07) is 7.91. The molecule has 5 rings (SSSR count). The summed E-state index contributed by atoms with van der Waals surface area (Å²) in [5.41, 5.74) is -0.185. The molecule has 0 bridgehead atoms. The van der Waals surface area contributed by atoms with E-state index in [0.29, 0.717) is 24.8 Å². The van der Waals surface area contributed by atoms with Gasteiger partial charge in [0.05, 0.1) is 12.7 Å². The minimum absolute atomic E-state index is 0.0155. The predicted octanol–water partition coefficient (Wildman–Crippen LogP) is 8.44. The molecule has 1 N–H and O–H groups in total. The zero-order chi connectivity index (χ0) is 27.1. The van der Waals surface area contributed by atoms with Crippen LogP contribution in [0, 0.1) is 34.9 Å². The third kappa shape index (κ3) is 4.76. The van der Waals surface area contributed by atoms with Crippen LogP contribution in [0.25, 0.3) is 16.7 Å². The predicted molar refractivity (Wildman–Crippen MR) is 131 cm³/mol. The molecule has 1 aliphatic heterocycles. The standard InChI is InChI=1S/C30H26F6O2/c1-2-3-23(37)21-12-9-18(26(32)29(21)35)16-6-4-15(5-7-16)17-8-10-19(27(33)25(17)31)20-11-13-22(24-14-38-24)30(36)28(20)34/h4,8-13,16,23-24,37H,2-3,5-7,14H2,1H3. The molecule has 0 amide bonds. The van der Waals surface area contributed by atoms with E-state index in [1.54, 1.807) is 6.08 Å². The third-order valence-electron chi connectivity index (χ3n) is 7.42. The molecule has 8 heteroatoms. The highest BCUT2D eigenvalue weighted by molar-refractivity contribution is 5.73. The Morgan fingerprint density at radius 3 is 2.00 bits per heavy atom. The van der Waals surface area contributed by atoms with Crippen molar-refractivity contribution < 1.29 is 36.2 Å². The van der Waals surface area contributed by atoms with E-state index in [1.165, 1.54) is 36.4 Å². The molecule has 2 aliphatic rings. The molecule has 3 aromatic rings. The molecular formula is C30H26F6O2. The highest BCUT2D eigenvalue weighted by Crippen LogP contribution is 2.41. The molecule has 1 saturated heterocycles. The van der Waals surface area contributed by atoms with Gasteiger partial charge < -0.3 is 9.84 Å². The first-order chi connectivity index (χ1) is 18.2. The molecule has 0 spiro atoms. The Hall–Kier alpha value is -3.10. The molecule has 0 saturated carbocycles. The van der Waals surface area contributed by atoms with Gasteiger partial charge in [0.25, 0.3) is 0 Å². The third-order valence-corrected chi connectivity index (χ3v) is 7.42. The summed E-state index contributed by atoms with van der Waals surface area (Å²) in [4.78, 5) is 0. The van der Waals surface area contributed by atoms with Crippen LogP contribution in [0.2, 0.25) is 0 Å². The molecular weight excluding hydrogens is 506 g/mol. The van der Waals surface area contributed by atoms with Gasteiger partial charge in [-0.25, -0.2) is 26.3 Å². The molecule has 3 atom stereocenters. The van der Waals surface area contributed by atoms with Crippen LogP contribution in [0.15, 0.2) is 42.5 Å². The first kappa shape index (κ1) is 26.5. The normalized spacial score (nSPS) is 19.8. The van der Waals surface area contributed by atoms with E-state index in [0.717, 1.165) is 0 Å². The van der Waals surface area contributed by atoms with Crippen molar-refractivity contribution in [2.45, 2.75) is 57.2 Å². The van der Waals surface area contributed by atoms with Crippen LogP contribution in [0.5, 0.6) is 0 Å². The molecule has 1 fully saturated rings. The number of rotatable bonds is 7. The molecule has 0 aromatic heterocycles. The fraction of sp³-hybridized carbons (Fsp3) is 0.333. The Labute approximate surface area is 216 Å². The first-order valence-corrected chi connectivity index (χ1v) is 12.7. The second-order valence-corrected chi connectivity index (χ2v) is 9.82. The summed E-state index contributed by atoms with van der Waals surface area (Å²) < 4.78 is 93.7. The van der Waals surface area contributed by atoms with Gasteiger partial charge in [-0.1, -0.05) is 55.8 Å². The van der Waals surface area contributed by atoms with Gasteiger partial charge >= 0.3 is 0 Å². The van der Waals surface area contributed by atoms with Crippen molar-refractivity contribution in [3.05, 3.63) is 99.6 Å². The van der Waals surface area contributed by atoms with Gasteiger partial charge in [-0.15, -0.1) is 0 Å². The fourth-order valence-corrected chi connectivity index (χ4v) is 5.20. The maximum atomic E-state index is 15.1. The largest absolute Gasteiger partial charge is 0.388 e. The Morgan fingerprint density at radius 2 is 1.37 bits per heavy atom. The molecule has 0 radical (unpaired) electrons. The SMILES string of the molecule is CCCC(O)c1ccc(C2CC=C(c3ccc(-c4ccc(C5CO5)c(F)c4F)c(F)c3F)CC2)c(F)c1F. The fourth-order valence-electron chi connectivity index (χ4n) is 5.20. The van der Waals surface area contributed by atoms with Gasteiger partial charge in [-0.2, -0.15) is 0 Å². The van der Waals surface area contributed by atoms with Gasteiger partial charge in [0.2, 0.25) is 0 Å². The van der Waals surface area contributed by atoms with Crippen LogP contribution in [-0.2, 0) is 4.74 Å². The van der Waals surface area contributed by atoms with Gasteiger partial charge in [0.15, 0.2) is 34.9 Å². The minimum atomic E-state index is -1.30. The lowest BCUT2D eigenvalue weighted by Crippen LogP contribution is -2.11. The summed E-state index contributed by atoms with van der Waals surface area (Å²) >= 11 is 0. The summed E-state index contributed by atoms with van der Waals surface area (Å²) in [5, 5.41) is 10.1. The molecule has 38 heavy (non-hydrogen) atoms. The molecule has 3 aromatic carbocycles. The Balaban J connectivity index is 1.38. The van der Waals surface area contributed by atoms with Crippen molar-refractivity contribution in [1.29, 1.82) is 0 Å². The average Bonchev–Trinajstić information content (AvgIpc) is 3.75. The van der Waals surface area contributed by atoms with E-state index in [9.17, 15) is 22.7 Å². The smallest absolute Gasteiger partial charge is 0.167 e. The van der Waals surface area contributed by atoms with Crippen LogP contribution in [0.3, 0.4) is 0 Å². The Bertz CT molecular complexity index is 1410. The summed E-state index contributed by atoms with van der Waals surface area (Å²) in [6.45, 7) is 2.11. The quantitative estimate of drug-likeness (QED) is 0.245. The van der Waals surface area contributed by atoms with E-state index in [2.05, 4.69) is 0 Å². The van der Waals surface area contributed by atoms with Crippen LogP contribution in [-0.4, -0.2) is 11.7 Å².